The second-order valence-electron chi connectivity index (χ2n) is 3.09. The monoisotopic (exact) mass is 207 g/mol. The van der Waals surface area contributed by atoms with Crippen LogP contribution in [0.3, 0.4) is 0 Å². The van der Waals surface area contributed by atoms with Crippen molar-refractivity contribution in [3.63, 3.8) is 0 Å². The molecule has 0 saturated heterocycles. The molecular formula is C10H22ClNO. The number of unbranched alkanes of at least 4 members (excludes halogenated alkanes) is 1. The Labute approximate surface area is 87.2 Å². The van der Waals surface area contributed by atoms with Gasteiger partial charge in [0.2, 0.25) is 0 Å². The van der Waals surface area contributed by atoms with E-state index in [1.807, 2.05) is 0 Å². The molecule has 0 N–H and O–H groups in total. The summed E-state index contributed by atoms with van der Waals surface area (Å²) in [5.41, 5.74) is 0. The molecule has 0 heterocycles. The van der Waals surface area contributed by atoms with Gasteiger partial charge in [0.15, 0.2) is 0 Å². The van der Waals surface area contributed by atoms with E-state index in [1.165, 1.54) is 19.4 Å². The summed E-state index contributed by atoms with van der Waals surface area (Å²) in [4.78, 5) is 2.41. The molecule has 13 heavy (non-hydrogen) atoms. The third-order valence-electron chi connectivity index (χ3n) is 2.05. The Bertz CT molecular complexity index is 101. The van der Waals surface area contributed by atoms with E-state index in [2.05, 4.69) is 18.7 Å². The van der Waals surface area contributed by atoms with E-state index in [9.17, 15) is 0 Å². The fourth-order valence-corrected chi connectivity index (χ4v) is 1.27. The van der Waals surface area contributed by atoms with Crippen LogP contribution in [0.2, 0.25) is 0 Å². The largest absolute Gasteiger partial charge is 0.379 e. The number of hydrogen-bond acceptors (Lipinski definition) is 2. The summed E-state index contributed by atoms with van der Waals surface area (Å²) in [5.74, 6) is 0.598. The highest BCUT2D eigenvalue weighted by atomic mass is 35.5. The van der Waals surface area contributed by atoms with E-state index in [1.54, 1.807) is 0 Å². The topological polar surface area (TPSA) is 12.5 Å². The van der Waals surface area contributed by atoms with Crippen molar-refractivity contribution in [3.05, 3.63) is 0 Å². The van der Waals surface area contributed by atoms with Crippen molar-refractivity contribution in [1.82, 2.24) is 4.90 Å². The molecule has 0 aromatic rings. The van der Waals surface area contributed by atoms with Crippen molar-refractivity contribution in [1.29, 1.82) is 0 Å². The van der Waals surface area contributed by atoms with E-state index in [4.69, 9.17) is 16.3 Å². The van der Waals surface area contributed by atoms with Crippen LogP contribution in [0.25, 0.3) is 0 Å². The first kappa shape index (κ1) is 13.2. The second kappa shape index (κ2) is 10.3. The molecule has 3 heteroatoms. The number of hydrogen-bond donors (Lipinski definition) is 0. The van der Waals surface area contributed by atoms with Gasteiger partial charge in [0.05, 0.1) is 13.2 Å². The average molecular weight is 208 g/mol. The lowest BCUT2D eigenvalue weighted by molar-refractivity contribution is 0.116. The third kappa shape index (κ3) is 8.54. The smallest absolute Gasteiger partial charge is 0.0602 e. The molecule has 0 amide bonds. The predicted octanol–water partition coefficient (Wildman–Crippen LogP) is 2.36. The molecule has 0 aromatic carbocycles. The van der Waals surface area contributed by atoms with Crippen LogP contribution >= 0.6 is 11.6 Å². The summed E-state index contributed by atoms with van der Waals surface area (Å²) in [7, 11) is 0. The van der Waals surface area contributed by atoms with Gasteiger partial charge < -0.3 is 9.64 Å². The van der Waals surface area contributed by atoms with E-state index in [0.717, 1.165) is 19.7 Å². The van der Waals surface area contributed by atoms with Gasteiger partial charge in [0.1, 0.15) is 0 Å². The van der Waals surface area contributed by atoms with Crippen molar-refractivity contribution in [2.24, 2.45) is 0 Å². The SMILES string of the molecule is CCCCN(CC)CCOCCCl. The minimum Gasteiger partial charge on any atom is -0.379 e. The van der Waals surface area contributed by atoms with Gasteiger partial charge in [0.25, 0.3) is 0 Å². The summed E-state index contributed by atoms with van der Waals surface area (Å²) < 4.78 is 5.32. The number of alkyl halides is 1. The summed E-state index contributed by atoms with van der Waals surface area (Å²) in [6, 6.07) is 0. The van der Waals surface area contributed by atoms with E-state index in [0.29, 0.717) is 12.5 Å². The van der Waals surface area contributed by atoms with Gasteiger partial charge in [0, 0.05) is 12.4 Å². The normalized spacial score (nSPS) is 11.1. The van der Waals surface area contributed by atoms with Crippen molar-refractivity contribution in [2.75, 3.05) is 38.7 Å². The van der Waals surface area contributed by atoms with Gasteiger partial charge in [-0.1, -0.05) is 20.3 Å². The van der Waals surface area contributed by atoms with E-state index < -0.39 is 0 Å². The molecular weight excluding hydrogens is 186 g/mol. The second-order valence-corrected chi connectivity index (χ2v) is 3.47. The molecule has 0 unspecified atom stereocenters. The highest BCUT2D eigenvalue weighted by Crippen LogP contribution is 1.94. The van der Waals surface area contributed by atoms with Crippen LogP contribution in [0.5, 0.6) is 0 Å². The van der Waals surface area contributed by atoms with Crippen LogP contribution < -0.4 is 0 Å². The minimum absolute atomic E-state index is 0.598. The molecule has 0 atom stereocenters. The Morgan fingerprint density at radius 1 is 1.15 bits per heavy atom. The Kier molecular flexibility index (Phi) is 10.5. The van der Waals surface area contributed by atoms with Gasteiger partial charge in [-0.05, 0) is 19.5 Å². The van der Waals surface area contributed by atoms with Crippen molar-refractivity contribution in [2.45, 2.75) is 26.7 Å². The van der Waals surface area contributed by atoms with Crippen LogP contribution in [-0.4, -0.2) is 43.6 Å². The molecule has 0 radical (unpaired) electrons. The molecule has 0 aliphatic carbocycles. The molecule has 2 nitrogen and oxygen atoms in total. The van der Waals surface area contributed by atoms with Crippen molar-refractivity contribution in [3.8, 4) is 0 Å². The molecule has 0 saturated carbocycles. The fourth-order valence-electron chi connectivity index (χ4n) is 1.16. The van der Waals surface area contributed by atoms with Crippen molar-refractivity contribution >= 4 is 11.6 Å². The summed E-state index contributed by atoms with van der Waals surface area (Å²) >= 11 is 5.50. The molecule has 0 rings (SSSR count). The van der Waals surface area contributed by atoms with E-state index in [-0.39, 0.29) is 0 Å². The Morgan fingerprint density at radius 2 is 1.92 bits per heavy atom. The van der Waals surface area contributed by atoms with Gasteiger partial charge in [-0.2, -0.15) is 0 Å². The maximum absolute atomic E-state index is 5.50. The maximum atomic E-state index is 5.50. The molecule has 0 aliphatic rings. The lowest BCUT2D eigenvalue weighted by atomic mass is 10.3. The minimum atomic E-state index is 0.598. The zero-order chi connectivity index (χ0) is 9.94. The first-order valence-electron chi connectivity index (χ1n) is 5.21. The molecule has 80 valence electrons. The predicted molar refractivity (Wildman–Crippen MR) is 58.6 cm³/mol. The highest BCUT2D eigenvalue weighted by Gasteiger charge is 2.00. The zero-order valence-corrected chi connectivity index (χ0v) is 9.65. The zero-order valence-electron chi connectivity index (χ0n) is 8.89. The number of ether oxygens (including phenoxy) is 1. The fraction of sp³-hybridized carbons (Fsp3) is 1.00. The van der Waals surface area contributed by atoms with Crippen molar-refractivity contribution < 1.29 is 4.74 Å². The summed E-state index contributed by atoms with van der Waals surface area (Å²) in [6.07, 6.45) is 2.54. The Morgan fingerprint density at radius 3 is 2.46 bits per heavy atom. The molecule has 0 aromatic heterocycles. The first-order chi connectivity index (χ1) is 6.35. The van der Waals surface area contributed by atoms with Gasteiger partial charge in [-0.3, -0.25) is 0 Å². The Balaban J connectivity index is 3.25. The lowest BCUT2D eigenvalue weighted by Crippen LogP contribution is -2.28. The highest BCUT2D eigenvalue weighted by molar-refractivity contribution is 6.17. The van der Waals surface area contributed by atoms with Crippen LogP contribution in [0, 0.1) is 0 Å². The van der Waals surface area contributed by atoms with Crippen LogP contribution in [0.15, 0.2) is 0 Å². The summed E-state index contributed by atoms with van der Waals surface area (Å²) in [6.45, 7) is 9.24. The standard InChI is InChI=1S/C10H22ClNO/c1-3-5-7-12(4-2)8-10-13-9-6-11/h3-10H2,1-2H3. The summed E-state index contributed by atoms with van der Waals surface area (Å²) in [5, 5.41) is 0. The quantitative estimate of drug-likeness (QED) is 0.425. The Hall–Kier alpha value is 0.210. The molecule has 0 fully saturated rings. The number of rotatable bonds is 9. The number of likely N-dealkylation sites (N-methyl/N-ethyl adjacent to an activating group) is 1. The first-order valence-corrected chi connectivity index (χ1v) is 5.74. The van der Waals surface area contributed by atoms with Crippen LogP contribution in [0.4, 0.5) is 0 Å². The number of halogens is 1. The maximum Gasteiger partial charge on any atom is 0.0602 e. The molecule has 0 aliphatic heterocycles. The van der Waals surface area contributed by atoms with Crippen LogP contribution in [0.1, 0.15) is 26.7 Å². The number of nitrogens with zero attached hydrogens (tertiary/aromatic N) is 1. The van der Waals surface area contributed by atoms with Gasteiger partial charge in [-0.25, -0.2) is 0 Å². The lowest BCUT2D eigenvalue weighted by Gasteiger charge is -2.19. The average Bonchev–Trinajstić information content (AvgIpc) is 2.17. The third-order valence-corrected chi connectivity index (χ3v) is 2.20. The van der Waals surface area contributed by atoms with Gasteiger partial charge in [-0.15, -0.1) is 11.6 Å². The van der Waals surface area contributed by atoms with Gasteiger partial charge >= 0.3 is 0 Å². The molecule has 0 bridgehead atoms. The van der Waals surface area contributed by atoms with E-state index >= 15 is 0 Å². The molecule has 0 spiro atoms. The van der Waals surface area contributed by atoms with Crippen LogP contribution in [-0.2, 0) is 4.74 Å².